The predicted octanol–water partition coefficient (Wildman–Crippen LogP) is 4.74. The van der Waals surface area contributed by atoms with Gasteiger partial charge in [-0.05, 0) is 56.7 Å². The number of ether oxygens (including phenoxy) is 1. The van der Waals surface area contributed by atoms with Crippen molar-refractivity contribution < 1.29 is 50.9 Å². The number of hydrogen-bond donors (Lipinski definition) is 4. The van der Waals surface area contributed by atoms with E-state index in [0.29, 0.717) is 40.5 Å². The van der Waals surface area contributed by atoms with Crippen LogP contribution in [0.5, 0.6) is 5.75 Å². The summed E-state index contributed by atoms with van der Waals surface area (Å²) in [6, 6.07) is 14.2. The Morgan fingerprint density at radius 1 is 1.03 bits per heavy atom. The summed E-state index contributed by atoms with van der Waals surface area (Å²) >= 11 is 0. The Hall–Kier alpha value is -5.36. The third-order valence-corrected chi connectivity index (χ3v) is 10.8. The Morgan fingerprint density at radius 3 is 2.59 bits per heavy atom. The molecule has 2 amide bonds. The summed E-state index contributed by atoms with van der Waals surface area (Å²) in [7, 11) is 0. The Bertz CT molecular complexity index is 2210. The van der Waals surface area contributed by atoms with Gasteiger partial charge in [0.2, 0.25) is 17.7 Å². The minimum absolute atomic E-state index is 0.0437. The fourth-order valence-corrected chi connectivity index (χ4v) is 7.55. The molecule has 308 valence electrons. The minimum Gasteiger partial charge on any atom is -0.490 e. The first-order valence-corrected chi connectivity index (χ1v) is 18.9. The largest absolute Gasteiger partial charge is 0.490 e. The predicted molar refractivity (Wildman–Crippen MR) is 202 cm³/mol. The van der Waals surface area contributed by atoms with Gasteiger partial charge in [-0.15, -0.1) is 0 Å². The number of para-hydroxylation sites is 1. The number of rotatable bonds is 13. The van der Waals surface area contributed by atoms with Crippen LogP contribution in [0.2, 0.25) is 0 Å². The molecule has 5 heterocycles. The number of hydrogen-bond acceptors (Lipinski definition) is 11. The molecule has 3 aromatic heterocycles. The van der Waals surface area contributed by atoms with Crippen LogP contribution in [0.15, 0.2) is 88.2 Å². The molecule has 7 rings (SSSR count). The molecule has 2 aliphatic rings. The van der Waals surface area contributed by atoms with E-state index in [1.165, 1.54) is 24.6 Å². The topological polar surface area (TPSA) is 166 Å². The highest BCUT2D eigenvalue weighted by molar-refractivity contribution is 5.82. The van der Waals surface area contributed by atoms with Crippen molar-refractivity contribution in [3.8, 4) is 17.1 Å². The number of halogens is 4. The number of piperazine rings is 1. The molecule has 5 aromatic rings. The molecule has 0 spiro atoms. The van der Waals surface area contributed by atoms with Crippen molar-refractivity contribution in [3.63, 3.8) is 0 Å². The molecule has 4 N–H and O–H groups in total. The van der Waals surface area contributed by atoms with Crippen LogP contribution in [0.4, 0.5) is 17.6 Å². The number of furan rings is 1. The van der Waals surface area contributed by atoms with Crippen LogP contribution in [0.1, 0.15) is 43.5 Å². The lowest BCUT2D eigenvalue weighted by atomic mass is 9.92. The molecule has 2 aromatic carbocycles. The molecule has 5 atom stereocenters. The SMILES string of the molecule is CC(C)(c1ncc(-c2ccc(F)cc2)o1)N1CCN(C[C@@H](O)C[C@@H](Cc2cc3occc3cn2)C(=O)NC2c3ccccc3OC[C@H]2O)[C@H](C(=O)NCC(F)(F)F)C1. The number of alkyl halides is 3. The molecule has 2 aliphatic heterocycles. The average Bonchev–Trinajstić information content (AvgIpc) is 3.89. The van der Waals surface area contributed by atoms with Gasteiger partial charge in [0, 0.05) is 73.0 Å². The number of fused-ring (bicyclic) bond motifs is 2. The van der Waals surface area contributed by atoms with Crippen molar-refractivity contribution in [1.29, 1.82) is 0 Å². The first-order chi connectivity index (χ1) is 27.6. The van der Waals surface area contributed by atoms with E-state index in [0.717, 1.165) is 5.39 Å². The molecule has 58 heavy (non-hydrogen) atoms. The second-order valence-electron chi connectivity index (χ2n) is 15.2. The van der Waals surface area contributed by atoms with E-state index in [2.05, 4.69) is 15.3 Å². The molecule has 0 bridgehead atoms. The number of nitrogens with zero attached hydrogens (tertiary/aromatic N) is 4. The first kappa shape index (κ1) is 40.8. The summed E-state index contributed by atoms with van der Waals surface area (Å²) in [5, 5.41) is 28.2. The lowest BCUT2D eigenvalue weighted by molar-refractivity contribution is -0.144. The number of β-amino-alcohol motifs (C(OH)–C–C–N with tert-alkyl or cyclic N) is 1. The van der Waals surface area contributed by atoms with Crippen LogP contribution in [-0.2, 0) is 21.5 Å². The van der Waals surface area contributed by atoms with Crippen LogP contribution in [-0.4, -0.2) is 106 Å². The number of aromatic nitrogens is 2. The Labute approximate surface area is 331 Å². The zero-order valence-corrected chi connectivity index (χ0v) is 31.8. The van der Waals surface area contributed by atoms with E-state index in [4.69, 9.17) is 13.6 Å². The minimum atomic E-state index is -4.66. The molecular formula is C41H44F4N6O7. The third kappa shape index (κ3) is 9.33. The van der Waals surface area contributed by atoms with E-state index in [9.17, 15) is 37.4 Å². The number of pyridine rings is 1. The van der Waals surface area contributed by atoms with Crippen LogP contribution < -0.4 is 15.4 Å². The molecule has 0 saturated carbocycles. The molecule has 1 fully saturated rings. The van der Waals surface area contributed by atoms with Crippen molar-refractivity contribution >= 4 is 22.8 Å². The van der Waals surface area contributed by atoms with E-state index >= 15 is 0 Å². The summed E-state index contributed by atoms with van der Waals surface area (Å²) in [4.78, 5) is 40.1. The van der Waals surface area contributed by atoms with Crippen LogP contribution in [0.25, 0.3) is 22.3 Å². The standard InChI is InChI=1S/C41H44F4N6O7/c1-40(2,39-47-19-35(58-39)24-7-9-27(42)10-8-24)51-13-12-50(31(21-51)38(55)48-23-41(43,44)45)20-29(52)16-26(15-28-17-34-25(18-46-28)11-14-56-34)37(54)49-36-30-5-3-4-6-33(30)57-22-32(36)53/h3-11,14,17-19,26,29,31-32,36,52-53H,12-13,15-16,20-23H2,1-2H3,(H,48,55)(H,49,54)/t26-,29+,31+,32-,36?/m1/s1. The number of nitrogens with one attached hydrogen (secondary N) is 2. The van der Waals surface area contributed by atoms with E-state index in [1.807, 2.05) is 24.1 Å². The van der Waals surface area contributed by atoms with Gasteiger partial charge in [0.1, 0.15) is 42.4 Å². The highest BCUT2D eigenvalue weighted by atomic mass is 19.4. The molecule has 0 aliphatic carbocycles. The first-order valence-electron chi connectivity index (χ1n) is 18.9. The number of amides is 2. The maximum atomic E-state index is 14.1. The molecule has 1 unspecified atom stereocenters. The van der Waals surface area contributed by atoms with E-state index < -0.39 is 66.1 Å². The van der Waals surface area contributed by atoms with Crippen molar-refractivity contribution in [2.24, 2.45) is 5.92 Å². The van der Waals surface area contributed by atoms with Gasteiger partial charge < -0.3 is 34.4 Å². The zero-order chi connectivity index (χ0) is 41.2. The lowest BCUT2D eigenvalue weighted by Crippen LogP contribution is -2.63. The molecule has 13 nitrogen and oxygen atoms in total. The second-order valence-corrected chi connectivity index (χ2v) is 15.2. The quantitative estimate of drug-likeness (QED) is 0.121. The van der Waals surface area contributed by atoms with Gasteiger partial charge in [0.05, 0.1) is 30.1 Å². The number of carbonyl (C=O) groups excluding carboxylic acids is 2. The average molecular weight is 809 g/mol. The van der Waals surface area contributed by atoms with Gasteiger partial charge in [-0.1, -0.05) is 18.2 Å². The highest BCUT2D eigenvalue weighted by Crippen LogP contribution is 2.34. The normalized spacial score (nSPS) is 20.2. The van der Waals surface area contributed by atoms with Gasteiger partial charge in [0.25, 0.3) is 0 Å². The Kier molecular flexibility index (Phi) is 11.9. The summed E-state index contributed by atoms with van der Waals surface area (Å²) in [5.74, 6) is -1.48. The molecule has 17 heteroatoms. The van der Waals surface area contributed by atoms with Gasteiger partial charge in [-0.25, -0.2) is 9.37 Å². The number of aliphatic hydroxyl groups is 2. The number of benzene rings is 2. The Balaban J connectivity index is 1.09. The van der Waals surface area contributed by atoms with Crippen molar-refractivity contribution in [1.82, 2.24) is 30.4 Å². The van der Waals surface area contributed by atoms with Crippen LogP contribution in [0, 0.1) is 11.7 Å². The van der Waals surface area contributed by atoms with E-state index in [1.54, 1.807) is 59.6 Å². The van der Waals surface area contributed by atoms with E-state index in [-0.39, 0.29) is 45.0 Å². The van der Waals surface area contributed by atoms with Crippen molar-refractivity contribution in [2.75, 3.05) is 39.3 Å². The zero-order valence-electron chi connectivity index (χ0n) is 31.8. The summed E-state index contributed by atoms with van der Waals surface area (Å²) in [6.45, 7) is 2.32. The monoisotopic (exact) mass is 808 g/mol. The molecule has 0 radical (unpaired) electrons. The maximum absolute atomic E-state index is 14.1. The fraction of sp³-hybridized carbons (Fsp3) is 0.415. The number of oxazole rings is 1. The summed E-state index contributed by atoms with van der Waals surface area (Å²) in [5.41, 5.74) is 1.32. The van der Waals surface area contributed by atoms with Crippen LogP contribution >= 0.6 is 0 Å². The van der Waals surface area contributed by atoms with Gasteiger partial charge in [-0.2, -0.15) is 13.2 Å². The Morgan fingerprint density at radius 2 is 1.81 bits per heavy atom. The fourth-order valence-electron chi connectivity index (χ4n) is 7.55. The van der Waals surface area contributed by atoms with Gasteiger partial charge >= 0.3 is 6.18 Å². The van der Waals surface area contributed by atoms with Gasteiger partial charge in [-0.3, -0.25) is 24.4 Å². The highest BCUT2D eigenvalue weighted by Gasteiger charge is 2.43. The maximum Gasteiger partial charge on any atom is 0.405 e. The van der Waals surface area contributed by atoms with Crippen LogP contribution in [0.3, 0.4) is 0 Å². The third-order valence-electron chi connectivity index (χ3n) is 10.8. The lowest BCUT2D eigenvalue weighted by Gasteiger charge is -2.46. The summed E-state index contributed by atoms with van der Waals surface area (Å²) < 4.78 is 70.7. The smallest absolute Gasteiger partial charge is 0.405 e. The number of aliphatic hydroxyl groups excluding tert-OH is 2. The van der Waals surface area contributed by atoms with Crippen molar-refractivity contribution in [2.45, 2.75) is 62.7 Å². The second kappa shape index (κ2) is 16.9. The van der Waals surface area contributed by atoms with Crippen molar-refractivity contribution in [3.05, 3.63) is 102 Å². The van der Waals surface area contributed by atoms with Gasteiger partial charge in [0.15, 0.2) is 5.76 Å². The number of carbonyl (C=O) groups is 2. The molecular weight excluding hydrogens is 764 g/mol. The summed E-state index contributed by atoms with van der Waals surface area (Å²) in [6.07, 6.45) is -2.34. The molecule has 1 saturated heterocycles.